The highest BCUT2D eigenvalue weighted by molar-refractivity contribution is 8.00. The van der Waals surface area contributed by atoms with Crippen molar-refractivity contribution in [1.82, 2.24) is 9.78 Å². The molecular formula is C19H20N4O3S2. The van der Waals surface area contributed by atoms with Gasteiger partial charge in [0.05, 0.1) is 32.6 Å². The Hall–Kier alpha value is -2.62. The molecule has 0 radical (unpaired) electrons. The van der Waals surface area contributed by atoms with E-state index in [1.807, 2.05) is 48.9 Å². The average Bonchev–Trinajstić information content (AvgIpc) is 2.94. The lowest BCUT2D eigenvalue weighted by molar-refractivity contribution is -0.113. The van der Waals surface area contributed by atoms with Crippen LogP contribution in [0.25, 0.3) is 5.69 Å². The molecule has 9 heteroatoms. The van der Waals surface area contributed by atoms with Gasteiger partial charge in [-0.05, 0) is 44.2 Å². The van der Waals surface area contributed by atoms with Gasteiger partial charge in [-0.3, -0.25) is 4.79 Å². The summed E-state index contributed by atoms with van der Waals surface area (Å²) in [6.45, 7) is 3.87. The number of aromatic nitrogens is 2. The molecular weight excluding hydrogens is 396 g/mol. The fourth-order valence-corrected chi connectivity index (χ4v) is 4.20. The zero-order chi connectivity index (χ0) is 20.3. The van der Waals surface area contributed by atoms with Crippen LogP contribution in [-0.4, -0.2) is 29.9 Å². The van der Waals surface area contributed by atoms with Gasteiger partial charge in [-0.1, -0.05) is 24.3 Å². The van der Waals surface area contributed by atoms with E-state index in [4.69, 9.17) is 5.14 Å². The van der Waals surface area contributed by atoms with Gasteiger partial charge in [0.1, 0.15) is 0 Å². The second-order valence-corrected chi connectivity index (χ2v) is 8.70. The van der Waals surface area contributed by atoms with Crippen LogP contribution in [0.5, 0.6) is 0 Å². The maximum Gasteiger partial charge on any atom is 0.238 e. The van der Waals surface area contributed by atoms with Crippen LogP contribution in [0.4, 0.5) is 5.69 Å². The second kappa shape index (κ2) is 8.17. The van der Waals surface area contributed by atoms with E-state index in [0.29, 0.717) is 5.69 Å². The van der Waals surface area contributed by atoms with E-state index in [9.17, 15) is 13.2 Å². The van der Waals surface area contributed by atoms with E-state index in [1.54, 1.807) is 6.07 Å². The van der Waals surface area contributed by atoms with Crippen LogP contribution in [0.1, 0.15) is 11.4 Å². The van der Waals surface area contributed by atoms with E-state index in [0.717, 1.165) is 22.0 Å². The third-order valence-corrected chi connectivity index (χ3v) is 6.22. The normalized spacial score (nSPS) is 11.4. The summed E-state index contributed by atoms with van der Waals surface area (Å²) in [6, 6.07) is 15.6. The van der Waals surface area contributed by atoms with Crippen LogP contribution < -0.4 is 10.5 Å². The van der Waals surface area contributed by atoms with Crippen molar-refractivity contribution in [1.29, 1.82) is 0 Å². The Kier molecular flexibility index (Phi) is 5.87. The van der Waals surface area contributed by atoms with E-state index in [-0.39, 0.29) is 16.6 Å². The van der Waals surface area contributed by atoms with Crippen LogP contribution in [0.15, 0.2) is 64.4 Å². The highest BCUT2D eigenvalue weighted by Crippen LogP contribution is 2.28. The molecule has 3 N–H and O–H groups in total. The topological polar surface area (TPSA) is 107 Å². The molecule has 1 aromatic heterocycles. The Balaban J connectivity index is 1.70. The number of thioether (sulfide) groups is 1. The summed E-state index contributed by atoms with van der Waals surface area (Å²) >= 11 is 1.39. The lowest BCUT2D eigenvalue weighted by Crippen LogP contribution is -2.16. The van der Waals surface area contributed by atoms with Crippen molar-refractivity contribution in [2.24, 2.45) is 5.14 Å². The molecule has 3 rings (SSSR count). The number of para-hydroxylation sites is 1. The van der Waals surface area contributed by atoms with Gasteiger partial charge in [0.15, 0.2) is 0 Å². The van der Waals surface area contributed by atoms with Crippen molar-refractivity contribution in [2.45, 2.75) is 23.6 Å². The number of hydrogen-bond acceptors (Lipinski definition) is 5. The number of benzene rings is 2. The molecule has 0 aliphatic rings. The van der Waals surface area contributed by atoms with E-state index in [2.05, 4.69) is 10.4 Å². The fourth-order valence-electron chi connectivity index (χ4n) is 2.74. The van der Waals surface area contributed by atoms with Crippen molar-refractivity contribution in [3.05, 3.63) is 66.0 Å². The van der Waals surface area contributed by atoms with Gasteiger partial charge in [0, 0.05) is 5.69 Å². The van der Waals surface area contributed by atoms with Gasteiger partial charge in [-0.15, -0.1) is 11.8 Å². The van der Waals surface area contributed by atoms with Crippen molar-refractivity contribution < 1.29 is 13.2 Å². The molecule has 0 aliphatic carbocycles. The van der Waals surface area contributed by atoms with Gasteiger partial charge in [-0.2, -0.15) is 5.10 Å². The Morgan fingerprint density at radius 3 is 2.54 bits per heavy atom. The molecule has 0 saturated carbocycles. The van der Waals surface area contributed by atoms with Crippen molar-refractivity contribution in [3.63, 3.8) is 0 Å². The summed E-state index contributed by atoms with van der Waals surface area (Å²) in [5.41, 5.74) is 3.14. The van der Waals surface area contributed by atoms with Crippen molar-refractivity contribution in [2.75, 3.05) is 11.1 Å². The van der Waals surface area contributed by atoms with E-state index in [1.165, 1.54) is 30.0 Å². The zero-order valence-corrected chi connectivity index (χ0v) is 17.0. The molecule has 0 unspecified atom stereocenters. The first kappa shape index (κ1) is 20.1. The molecule has 2 aromatic carbocycles. The molecule has 1 amide bonds. The first-order valence-electron chi connectivity index (χ1n) is 8.43. The highest BCUT2D eigenvalue weighted by Gasteiger charge is 2.15. The van der Waals surface area contributed by atoms with Crippen molar-refractivity contribution >= 4 is 33.4 Å². The molecule has 0 fully saturated rings. The number of nitrogens with two attached hydrogens (primary N) is 1. The second-order valence-electron chi connectivity index (χ2n) is 6.16. The summed E-state index contributed by atoms with van der Waals surface area (Å²) in [4.78, 5) is 13.2. The molecule has 0 spiro atoms. The van der Waals surface area contributed by atoms with E-state index < -0.39 is 10.0 Å². The molecule has 146 valence electrons. The molecule has 0 bridgehead atoms. The zero-order valence-electron chi connectivity index (χ0n) is 15.4. The average molecular weight is 417 g/mol. The summed E-state index contributed by atoms with van der Waals surface area (Å²) in [5.74, 6) is -0.0790. The fraction of sp³-hybridized carbons (Fsp3) is 0.158. The predicted molar refractivity (Wildman–Crippen MR) is 110 cm³/mol. The number of rotatable bonds is 6. The number of carbonyl (C=O) groups is 1. The number of carbonyl (C=O) groups excluding carboxylic acids is 1. The minimum absolute atomic E-state index is 0.0474. The Morgan fingerprint density at radius 2 is 1.86 bits per heavy atom. The Bertz CT molecular complexity index is 1110. The Morgan fingerprint density at radius 1 is 1.14 bits per heavy atom. The van der Waals surface area contributed by atoms with Crippen molar-refractivity contribution in [3.8, 4) is 5.69 Å². The number of anilines is 1. The van der Waals surface area contributed by atoms with Gasteiger partial charge in [0.25, 0.3) is 0 Å². The number of nitrogens with one attached hydrogen (secondary N) is 1. The molecule has 0 saturated heterocycles. The van der Waals surface area contributed by atoms with Crippen LogP contribution in [0.2, 0.25) is 0 Å². The first-order chi connectivity index (χ1) is 13.3. The van der Waals surface area contributed by atoms with Crippen LogP contribution in [0.3, 0.4) is 0 Å². The number of sulfonamides is 1. The smallest absolute Gasteiger partial charge is 0.238 e. The largest absolute Gasteiger partial charge is 0.325 e. The third kappa shape index (κ3) is 4.61. The van der Waals surface area contributed by atoms with Crippen LogP contribution >= 0.6 is 11.8 Å². The quantitative estimate of drug-likeness (QED) is 0.601. The molecule has 28 heavy (non-hydrogen) atoms. The standard InChI is InChI=1S/C19H20N4O3S2/c1-13-19(14(2)23(22-13)16-8-4-3-5-9-16)27-12-18(24)21-15-7-6-10-17(11-15)28(20,25)26/h3-11H,12H2,1-2H3,(H,21,24)(H2,20,25,26). The van der Waals surface area contributed by atoms with Gasteiger partial charge < -0.3 is 5.32 Å². The lowest BCUT2D eigenvalue weighted by atomic mass is 10.3. The minimum Gasteiger partial charge on any atom is -0.325 e. The summed E-state index contributed by atoms with van der Waals surface area (Å²) in [6.07, 6.45) is 0. The summed E-state index contributed by atoms with van der Waals surface area (Å²) < 4.78 is 24.7. The first-order valence-corrected chi connectivity index (χ1v) is 11.0. The maximum absolute atomic E-state index is 12.3. The monoisotopic (exact) mass is 416 g/mol. The molecule has 0 atom stereocenters. The molecule has 7 nitrogen and oxygen atoms in total. The summed E-state index contributed by atoms with van der Waals surface area (Å²) in [7, 11) is -3.82. The molecule has 0 aliphatic heterocycles. The third-order valence-electron chi connectivity index (χ3n) is 4.02. The van der Waals surface area contributed by atoms with Crippen LogP contribution in [0, 0.1) is 13.8 Å². The number of amides is 1. The summed E-state index contributed by atoms with van der Waals surface area (Å²) in [5, 5.41) is 12.4. The molecule has 1 heterocycles. The predicted octanol–water partition coefficient (Wildman–Crippen LogP) is 2.87. The van der Waals surface area contributed by atoms with Gasteiger partial charge >= 0.3 is 0 Å². The number of primary sulfonamides is 1. The number of nitrogens with zero attached hydrogens (tertiary/aromatic N) is 2. The highest BCUT2D eigenvalue weighted by atomic mass is 32.2. The SMILES string of the molecule is Cc1nn(-c2ccccc2)c(C)c1SCC(=O)Nc1cccc(S(N)(=O)=O)c1. The minimum atomic E-state index is -3.82. The number of aryl methyl sites for hydroxylation is 1. The Labute approximate surface area is 168 Å². The van der Waals surface area contributed by atoms with Gasteiger partial charge in [-0.25, -0.2) is 18.2 Å². The lowest BCUT2D eigenvalue weighted by Gasteiger charge is -2.07. The molecule has 3 aromatic rings. The maximum atomic E-state index is 12.3. The van der Waals surface area contributed by atoms with E-state index >= 15 is 0 Å². The van der Waals surface area contributed by atoms with Gasteiger partial charge in [0.2, 0.25) is 15.9 Å². The number of hydrogen-bond donors (Lipinski definition) is 2. The van der Waals surface area contributed by atoms with Crippen LogP contribution in [-0.2, 0) is 14.8 Å².